The van der Waals surface area contributed by atoms with Crippen molar-refractivity contribution in [2.75, 3.05) is 6.54 Å². The minimum atomic E-state index is -0.747. The van der Waals surface area contributed by atoms with Gasteiger partial charge in [-0.15, -0.1) is 0 Å². The standard InChI is InChI=1S/C13H22N2O2/c1-9-11(16)14-13(2,3)12(17)15(9)8-4-5-10-6-7-10/h9-10H,4-8H2,1-3H3,(H,14,16). The number of amides is 2. The summed E-state index contributed by atoms with van der Waals surface area (Å²) in [4.78, 5) is 25.7. The zero-order valence-electron chi connectivity index (χ0n) is 11.0. The molecule has 1 atom stereocenters. The van der Waals surface area contributed by atoms with Gasteiger partial charge in [0.2, 0.25) is 11.8 Å². The van der Waals surface area contributed by atoms with Crippen LogP contribution in [-0.2, 0) is 9.59 Å². The van der Waals surface area contributed by atoms with Crippen LogP contribution in [0, 0.1) is 5.92 Å². The van der Waals surface area contributed by atoms with Crippen LogP contribution in [0.2, 0.25) is 0 Å². The van der Waals surface area contributed by atoms with Crippen LogP contribution in [0.25, 0.3) is 0 Å². The number of rotatable bonds is 4. The average Bonchev–Trinajstić information content (AvgIpc) is 3.04. The van der Waals surface area contributed by atoms with Crippen molar-refractivity contribution < 1.29 is 9.59 Å². The van der Waals surface area contributed by atoms with Crippen molar-refractivity contribution in [3.05, 3.63) is 0 Å². The summed E-state index contributed by atoms with van der Waals surface area (Å²) in [7, 11) is 0. The van der Waals surface area contributed by atoms with Crippen LogP contribution in [0.1, 0.15) is 46.5 Å². The van der Waals surface area contributed by atoms with E-state index in [0.717, 1.165) is 12.3 Å². The highest BCUT2D eigenvalue weighted by molar-refractivity contribution is 5.99. The van der Waals surface area contributed by atoms with E-state index in [-0.39, 0.29) is 17.9 Å². The summed E-state index contributed by atoms with van der Waals surface area (Å²) in [6.07, 6.45) is 4.90. The molecule has 0 aromatic carbocycles. The van der Waals surface area contributed by atoms with Crippen LogP contribution >= 0.6 is 0 Å². The Morgan fingerprint density at radius 2 is 2.00 bits per heavy atom. The molecular formula is C13H22N2O2. The molecule has 0 radical (unpaired) electrons. The Balaban J connectivity index is 1.95. The van der Waals surface area contributed by atoms with Gasteiger partial charge in [-0.1, -0.05) is 12.8 Å². The first-order valence-electron chi connectivity index (χ1n) is 6.55. The van der Waals surface area contributed by atoms with Crippen molar-refractivity contribution in [1.82, 2.24) is 10.2 Å². The monoisotopic (exact) mass is 238 g/mol. The molecule has 1 saturated carbocycles. The van der Waals surface area contributed by atoms with Crippen LogP contribution < -0.4 is 5.32 Å². The quantitative estimate of drug-likeness (QED) is 0.802. The van der Waals surface area contributed by atoms with Gasteiger partial charge in [-0.05, 0) is 39.5 Å². The molecule has 1 N–H and O–H groups in total. The van der Waals surface area contributed by atoms with E-state index in [1.165, 1.54) is 19.3 Å². The van der Waals surface area contributed by atoms with Gasteiger partial charge in [0, 0.05) is 6.54 Å². The molecule has 1 unspecified atom stereocenters. The molecule has 1 heterocycles. The molecule has 1 saturated heterocycles. The van der Waals surface area contributed by atoms with E-state index >= 15 is 0 Å². The topological polar surface area (TPSA) is 49.4 Å². The van der Waals surface area contributed by atoms with Gasteiger partial charge in [0.15, 0.2) is 0 Å². The summed E-state index contributed by atoms with van der Waals surface area (Å²) in [6.45, 7) is 6.06. The second-order valence-electron chi connectivity index (χ2n) is 5.87. The van der Waals surface area contributed by atoms with Crippen molar-refractivity contribution in [2.45, 2.75) is 58.0 Å². The smallest absolute Gasteiger partial charge is 0.248 e. The zero-order chi connectivity index (χ0) is 12.6. The van der Waals surface area contributed by atoms with E-state index in [0.29, 0.717) is 6.54 Å². The summed E-state index contributed by atoms with van der Waals surface area (Å²) >= 11 is 0. The van der Waals surface area contributed by atoms with Gasteiger partial charge >= 0.3 is 0 Å². The van der Waals surface area contributed by atoms with Crippen molar-refractivity contribution >= 4 is 11.8 Å². The molecule has 2 fully saturated rings. The predicted octanol–water partition coefficient (Wildman–Crippen LogP) is 1.30. The van der Waals surface area contributed by atoms with Gasteiger partial charge in [-0.2, -0.15) is 0 Å². The van der Waals surface area contributed by atoms with Gasteiger partial charge in [0.05, 0.1) is 0 Å². The lowest BCUT2D eigenvalue weighted by Crippen LogP contribution is -2.67. The Hall–Kier alpha value is -1.06. The van der Waals surface area contributed by atoms with E-state index in [1.54, 1.807) is 25.7 Å². The third-order valence-corrected chi connectivity index (χ3v) is 3.79. The minimum absolute atomic E-state index is 0.0407. The maximum absolute atomic E-state index is 12.2. The molecule has 2 rings (SSSR count). The first-order valence-corrected chi connectivity index (χ1v) is 6.55. The van der Waals surface area contributed by atoms with Gasteiger partial charge in [-0.25, -0.2) is 0 Å². The zero-order valence-corrected chi connectivity index (χ0v) is 11.0. The average molecular weight is 238 g/mol. The van der Waals surface area contributed by atoms with E-state index in [9.17, 15) is 9.59 Å². The van der Waals surface area contributed by atoms with Crippen molar-refractivity contribution in [3.63, 3.8) is 0 Å². The molecule has 1 aliphatic carbocycles. The second-order valence-corrected chi connectivity index (χ2v) is 5.87. The third kappa shape index (κ3) is 2.61. The molecule has 0 spiro atoms. The molecule has 96 valence electrons. The van der Waals surface area contributed by atoms with Crippen LogP contribution in [-0.4, -0.2) is 34.8 Å². The molecule has 0 aromatic heterocycles. The molecule has 4 nitrogen and oxygen atoms in total. The van der Waals surface area contributed by atoms with Crippen LogP contribution in [0.3, 0.4) is 0 Å². The number of piperazine rings is 1. The lowest BCUT2D eigenvalue weighted by molar-refractivity contribution is -0.152. The Labute approximate surface area is 103 Å². The van der Waals surface area contributed by atoms with E-state index in [4.69, 9.17) is 0 Å². The molecule has 2 aliphatic rings. The highest BCUT2D eigenvalue weighted by atomic mass is 16.2. The van der Waals surface area contributed by atoms with Gasteiger partial charge in [-0.3, -0.25) is 9.59 Å². The Bertz CT molecular complexity index is 334. The number of carbonyl (C=O) groups is 2. The molecule has 1 aliphatic heterocycles. The van der Waals surface area contributed by atoms with Crippen LogP contribution in [0.5, 0.6) is 0 Å². The SMILES string of the molecule is CC1C(=O)NC(C)(C)C(=O)N1CCCC1CC1. The van der Waals surface area contributed by atoms with Crippen molar-refractivity contribution in [2.24, 2.45) is 5.92 Å². The summed E-state index contributed by atoms with van der Waals surface area (Å²) in [5, 5.41) is 2.77. The summed E-state index contributed by atoms with van der Waals surface area (Å²) in [6, 6.07) is -0.324. The third-order valence-electron chi connectivity index (χ3n) is 3.79. The Morgan fingerprint density at radius 1 is 1.35 bits per heavy atom. The van der Waals surface area contributed by atoms with E-state index in [1.807, 2.05) is 0 Å². The summed E-state index contributed by atoms with van der Waals surface area (Å²) in [5.74, 6) is 0.883. The van der Waals surface area contributed by atoms with Crippen LogP contribution in [0.4, 0.5) is 0 Å². The normalized spacial score (nSPS) is 28.2. The lowest BCUT2D eigenvalue weighted by atomic mass is 9.97. The second kappa shape index (κ2) is 4.31. The first-order chi connectivity index (χ1) is 7.92. The first kappa shape index (κ1) is 12.4. The number of hydrogen-bond acceptors (Lipinski definition) is 2. The minimum Gasteiger partial charge on any atom is -0.340 e. The maximum atomic E-state index is 12.2. The van der Waals surface area contributed by atoms with Crippen molar-refractivity contribution in [1.29, 1.82) is 0 Å². The summed E-state index contributed by atoms with van der Waals surface area (Å²) < 4.78 is 0. The highest BCUT2D eigenvalue weighted by Gasteiger charge is 2.42. The van der Waals surface area contributed by atoms with Gasteiger partial charge in [0.25, 0.3) is 0 Å². The maximum Gasteiger partial charge on any atom is 0.248 e. The number of hydrogen-bond donors (Lipinski definition) is 1. The Morgan fingerprint density at radius 3 is 2.59 bits per heavy atom. The van der Waals surface area contributed by atoms with Gasteiger partial charge < -0.3 is 10.2 Å². The summed E-state index contributed by atoms with van der Waals surface area (Å²) in [5.41, 5.74) is -0.747. The molecule has 17 heavy (non-hydrogen) atoms. The Kier molecular flexibility index (Phi) is 3.15. The largest absolute Gasteiger partial charge is 0.340 e. The number of nitrogens with one attached hydrogen (secondary N) is 1. The van der Waals surface area contributed by atoms with Crippen molar-refractivity contribution in [3.8, 4) is 0 Å². The predicted molar refractivity (Wildman–Crippen MR) is 65.4 cm³/mol. The molecule has 4 heteroatoms. The molecule has 2 amide bonds. The fourth-order valence-corrected chi connectivity index (χ4v) is 2.39. The van der Waals surface area contributed by atoms with E-state index < -0.39 is 5.54 Å². The lowest BCUT2D eigenvalue weighted by Gasteiger charge is -2.41. The number of carbonyl (C=O) groups excluding carboxylic acids is 2. The van der Waals surface area contributed by atoms with E-state index in [2.05, 4.69) is 5.32 Å². The molecule has 0 bridgehead atoms. The fraction of sp³-hybridized carbons (Fsp3) is 0.846. The van der Waals surface area contributed by atoms with Gasteiger partial charge in [0.1, 0.15) is 11.6 Å². The molecule has 0 aromatic rings. The fourth-order valence-electron chi connectivity index (χ4n) is 2.39. The highest BCUT2D eigenvalue weighted by Crippen LogP contribution is 2.33. The van der Waals surface area contributed by atoms with Crippen LogP contribution in [0.15, 0.2) is 0 Å². The molecular weight excluding hydrogens is 216 g/mol. The number of nitrogens with zero attached hydrogens (tertiary/aromatic N) is 1.